The standard InChI is InChI=1S/C15H15F3N2O/c16-15(17,18)11-3-1-2-10(6-11)7-14(21)13-8-19-9-20(13)12-4-5-12/h1-3,6,8-9,12,14,21H,4-5,7H2. The van der Waals surface area contributed by atoms with Gasteiger partial charge in [-0.3, -0.25) is 0 Å². The van der Waals surface area contributed by atoms with Crippen LogP contribution in [0.15, 0.2) is 36.8 Å². The van der Waals surface area contributed by atoms with Crippen LogP contribution in [0.25, 0.3) is 0 Å². The van der Waals surface area contributed by atoms with Gasteiger partial charge in [0.25, 0.3) is 0 Å². The number of imidazole rings is 1. The van der Waals surface area contributed by atoms with Gasteiger partial charge in [0, 0.05) is 12.5 Å². The minimum atomic E-state index is -4.36. The Bertz CT molecular complexity index is 632. The Hall–Kier alpha value is -1.82. The van der Waals surface area contributed by atoms with Crippen LogP contribution in [0.2, 0.25) is 0 Å². The van der Waals surface area contributed by atoms with E-state index in [2.05, 4.69) is 4.98 Å². The Morgan fingerprint density at radius 1 is 1.33 bits per heavy atom. The Kier molecular flexibility index (Phi) is 3.49. The van der Waals surface area contributed by atoms with Crippen LogP contribution in [-0.4, -0.2) is 14.7 Å². The van der Waals surface area contributed by atoms with E-state index in [-0.39, 0.29) is 6.42 Å². The Morgan fingerprint density at radius 3 is 2.76 bits per heavy atom. The van der Waals surface area contributed by atoms with Crippen LogP contribution in [0.1, 0.15) is 41.8 Å². The van der Waals surface area contributed by atoms with Crippen molar-refractivity contribution in [3.8, 4) is 0 Å². The molecule has 3 nitrogen and oxygen atoms in total. The summed E-state index contributed by atoms with van der Waals surface area (Å²) in [6.07, 6.45) is 0.286. The average molecular weight is 296 g/mol. The molecule has 1 unspecified atom stereocenters. The number of aliphatic hydroxyl groups excluding tert-OH is 1. The summed E-state index contributed by atoms with van der Waals surface area (Å²) in [6, 6.07) is 5.45. The van der Waals surface area contributed by atoms with E-state index in [0.29, 0.717) is 17.3 Å². The van der Waals surface area contributed by atoms with Crippen LogP contribution in [0.5, 0.6) is 0 Å². The predicted octanol–water partition coefficient (Wildman–Crippen LogP) is 3.51. The van der Waals surface area contributed by atoms with Crippen molar-refractivity contribution < 1.29 is 18.3 Å². The first-order valence-corrected chi connectivity index (χ1v) is 6.81. The molecule has 0 amide bonds. The normalized spacial score (nSPS) is 17.0. The lowest BCUT2D eigenvalue weighted by molar-refractivity contribution is -0.137. The van der Waals surface area contributed by atoms with Gasteiger partial charge in [-0.1, -0.05) is 18.2 Å². The molecule has 1 aliphatic rings. The van der Waals surface area contributed by atoms with Crippen molar-refractivity contribution in [2.75, 3.05) is 0 Å². The van der Waals surface area contributed by atoms with E-state index < -0.39 is 17.8 Å². The van der Waals surface area contributed by atoms with E-state index in [4.69, 9.17) is 0 Å². The summed E-state index contributed by atoms with van der Waals surface area (Å²) >= 11 is 0. The van der Waals surface area contributed by atoms with Gasteiger partial charge in [-0.25, -0.2) is 4.98 Å². The summed E-state index contributed by atoms with van der Waals surface area (Å²) in [5.74, 6) is 0. The molecule has 6 heteroatoms. The van der Waals surface area contributed by atoms with E-state index in [9.17, 15) is 18.3 Å². The molecule has 1 saturated carbocycles. The van der Waals surface area contributed by atoms with Crippen molar-refractivity contribution in [2.45, 2.75) is 37.6 Å². The van der Waals surface area contributed by atoms with Gasteiger partial charge in [0.05, 0.1) is 29.9 Å². The molecule has 1 N–H and O–H groups in total. The summed E-state index contributed by atoms with van der Waals surface area (Å²) in [6.45, 7) is 0. The van der Waals surface area contributed by atoms with Gasteiger partial charge in [0.15, 0.2) is 0 Å². The van der Waals surface area contributed by atoms with Crippen LogP contribution in [0.4, 0.5) is 13.2 Å². The van der Waals surface area contributed by atoms with E-state index in [1.165, 1.54) is 6.07 Å². The Morgan fingerprint density at radius 2 is 2.10 bits per heavy atom. The van der Waals surface area contributed by atoms with Crippen LogP contribution in [-0.2, 0) is 12.6 Å². The van der Waals surface area contributed by atoms with Crippen molar-refractivity contribution in [1.29, 1.82) is 0 Å². The van der Waals surface area contributed by atoms with Crippen LogP contribution in [0.3, 0.4) is 0 Å². The lowest BCUT2D eigenvalue weighted by atomic mass is 10.0. The molecule has 1 aromatic carbocycles. The summed E-state index contributed by atoms with van der Waals surface area (Å²) < 4.78 is 40.0. The highest BCUT2D eigenvalue weighted by molar-refractivity contribution is 5.27. The molecule has 1 heterocycles. The molecule has 1 atom stereocenters. The Labute approximate surface area is 120 Å². The minimum Gasteiger partial charge on any atom is -0.386 e. The molecule has 0 spiro atoms. The van der Waals surface area contributed by atoms with E-state index in [1.54, 1.807) is 18.6 Å². The maximum atomic E-state index is 12.7. The fourth-order valence-electron chi connectivity index (χ4n) is 2.43. The smallest absolute Gasteiger partial charge is 0.386 e. The van der Waals surface area contributed by atoms with E-state index >= 15 is 0 Å². The number of hydrogen-bond donors (Lipinski definition) is 1. The fraction of sp³-hybridized carbons (Fsp3) is 0.400. The van der Waals surface area contributed by atoms with Crippen molar-refractivity contribution in [3.63, 3.8) is 0 Å². The zero-order valence-electron chi connectivity index (χ0n) is 11.2. The number of nitrogens with zero attached hydrogens (tertiary/aromatic N) is 2. The van der Waals surface area contributed by atoms with Gasteiger partial charge in [0.2, 0.25) is 0 Å². The molecule has 21 heavy (non-hydrogen) atoms. The molecule has 1 aromatic heterocycles. The van der Waals surface area contributed by atoms with Gasteiger partial charge in [0.1, 0.15) is 0 Å². The first-order valence-electron chi connectivity index (χ1n) is 6.81. The van der Waals surface area contributed by atoms with Gasteiger partial charge in [-0.15, -0.1) is 0 Å². The number of hydrogen-bond acceptors (Lipinski definition) is 2. The summed E-state index contributed by atoms with van der Waals surface area (Å²) in [5.41, 5.74) is 0.429. The van der Waals surface area contributed by atoms with Gasteiger partial charge < -0.3 is 9.67 Å². The molecule has 3 rings (SSSR count). The summed E-state index contributed by atoms with van der Waals surface area (Å²) in [7, 11) is 0. The third kappa shape index (κ3) is 3.10. The molecule has 0 bridgehead atoms. The van der Waals surface area contributed by atoms with E-state index in [1.807, 2.05) is 4.57 Å². The maximum Gasteiger partial charge on any atom is 0.416 e. The fourth-order valence-corrected chi connectivity index (χ4v) is 2.43. The molecule has 112 valence electrons. The molecule has 2 aromatic rings. The molecule has 1 aliphatic carbocycles. The van der Waals surface area contributed by atoms with Gasteiger partial charge in [-0.05, 0) is 24.5 Å². The topological polar surface area (TPSA) is 38.1 Å². The number of alkyl halides is 3. The molecule has 0 radical (unpaired) electrons. The Balaban J connectivity index is 1.78. The molecule has 0 saturated heterocycles. The highest BCUT2D eigenvalue weighted by atomic mass is 19.4. The second-order valence-electron chi connectivity index (χ2n) is 5.38. The third-order valence-electron chi connectivity index (χ3n) is 3.66. The molecular formula is C15H15F3N2O. The maximum absolute atomic E-state index is 12.7. The van der Waals surface area contributed by atoms with Crippen molar-refractivity contribution in [3.05, 3.63) is 53.6 Å². The van der Waals surface area contributed by atoms with Crippen molar-refractivity contribution in [2.24, 2.45) is 0 Å². The lowest BCUT2D eigenvalue weighted by Gasteiger charge is -2.14. The second-order valence-corrected chi connectivity index (χ2v) is 5.38. The third-order valence-corrected chi connectivity index (χ3v) is 3.66. The lowest BCUT2D eigenvalue weighted by Crippen LogP contribution is -2.10. The zero-order chi connectivity index (χ0) is 15.0. The second kappa shape index (κ2) is 5.18. The van der Waals surface area contributed by atoms with Crippen LogP contribution >= 0.6 is 0 Å². The first-order chi connectivity index (χ1) is 9.95. The molecule has 0 aliphatic heterocycles. The summed E-state index contributed by atoms with van der Waals surface area (Å²) in [5, 5.41) is 10.3. The zero-order valence-corrected chi connectivity index (χ0v) is 11.2. The number of benzene rings is 1. The first kappa shape index (κ1) is 14.1. The van der Waals surface area contributed by atoms with Crippen molar-refractivity contribution in [1.82, 2.24) is 9.55 Å². The van der Waals surface area contributed by atoms with Crippen LogP contribution in [0, 0.1) is 0 Å². The predicted molar refractivity (Wildman–Crippen MR) is 70.6 cm³/mol. The number of halogens is 3. The summed E-state index contributed by atoms with van der Waals surface area (Å²) in [4.78, 5) is 4.03. The minimum absolute atomic E-state index is 0.141. The SMILES string of the molecule is OC(Cc1cccc(C(F)(F)F)c1)c1cncn1C1CC1. The monoisotopic (exact) mass is 296 g/mol. The van der Waals surface area contributed by atoms with Crippen LogP contribution < -0.4 is 0 Å². The van der Waals surface area contributed by atoms with Gasteiger partial charge >= 0.3 is 6.18 Å². The van der Waals surface area contributed by atoms with Crippen molar-refractivity contribution >= 4 is 0 Å². The average Bonchev–Trinajstić information content (AvgIpc) is 3.15. The number of aliphatic hydroxyl groups is 1. The quantitative estimate of drug-likeness (QED) is 0.937. The largest absolute Gasteiger partial charge is 0.416 e. The highest BCUT2D eigenvalue weighted by Gasteiger charge is 2.31. The highest BCUT2D eigenvalue weighted by Crippen LogP contribution is 2.37. The van der Waals surface area contributed by atoms with Gasteiger partial charge in [-0.2, -0.15) is 13.2 Å². The molecular weight excluding hydrogens is 281 g/mol. The number of rotatable bonds is 4. The number of aromatic nitrogens is 2. The van der Waals surface area contributed by atoms with E-state index in [0.717, 1.165) is 25.0 Å². The molecule has 1 fully saturated rings.